The summed E-state index contributed by atoms with van der Waals surface area (Å²) in [7, 11) is 1.90. The fraction of sp³-hybridized carbons (Fsp3) is 0.473. The van der Waals surface area contributed by atoms with Gasteiger partial charge in [-0.2, -0.15) is 15.2 Å². The Morgan fingerprint density at radius 3 is 2.38 bits per heavy atom. The number of hydrogen-bond donors (Lipinski definition) is 4. The Morgan fingerprint density at radius 1 is 0.878 bits per heavy atom. The highest BCUT2D eigenvalue weighted by atomic mass is 16.5. The Hall–Kier alpha value is -7.09. The highest BCUT2D eigenvalue weighted by Gasteiger charge is 2.44. The number of aliphatic hydroxyl groups is 1. The molecule has 2 amide bonds. The second-order valence-corrected chi connectivity index (χ2v) is 21.3. The molecule has 8 heterocycles. The van der Waals surface area contributed by atoms with Crippen LogP contribution in [0.2, 0.25) is 0 Å². The molecule has 1 saturated carbocycles. The minimum absolute atomic E-state index is 0.0805. The van der Waals surface area contributed by atoms with Gasteiger partial charge >= 0.3 is 0 Å². The zero-order valence-corrected chi connectivity index (χ0v) is 42.6. The van der Waals surface area contributed by atoms with E-state index in [2.05, 4.69) is 35.3 Å². The number of aliphatic hydroxyl groups excluding tert-OH is 1. The lowest BCUT2D eigenvalue weighted by Gasteiger charge is -2.41. The number of carbonyl (C=O) groups is 2. The molecule has 0 radical (unpaired) electrons. The zero-order chi connectivity index (χ0) is 51.2. The van der Waals surface area contributed by atoms with Gasteiger partial charge in [-0.15, -0.1) is 0 Å². The number of nitrogens with one attached hydrogen (secondary N) is 1. The van der Waals surface area contributed by atoms with Crippen molar-refractivity contribution in [3.63, 3.8) is 0 Å². The van der Waals surface area contributed by atoms with Crippen molar-refractivity contribution in [2.45, 2.75) is 108 Å². The van der Waals surface area contributed by atoms with Crippen molar-refractivity contribution in [2.24, 2.45) is 18.9 Å². The minimum Gasteiger partial charge on any atom is -0.507 e. The molecular formula is C55H67N13O6. The maximum Gasteiger partial charge on any atom is 0.243 e. The molecule has 0 spiro atoms. The number of piperidine rings is 2. The molecule has 2 aromatic carbocycles. The van der Waals surface area contributed by atoms with Gasteiger partial charge in [-0.25, -0.2) is 4.98 Å². The number of fused-ring (bicyclic) bond motifs is 1. The van der Waals surface area contributed by atoms with Crippen molar-refractivity contribution in [2.75, 3.05) is 49.9 Å². The average molecular weight is 1010 g/mol. The third-order valence-corrected chi connectivity index (χ3v) is 15.9. The smallest absolute Gasteiger partial charge is 0.243 e. The second kappa shape index (κ2) is 20.7. The van der Waals surface area contributed by atoms with E-state index in [0.29, 0.717) is 34.5 Å². The van der Waals surface area contributed by atoms with Crippen LogP contribution in [-0.2, 0) is 21.4 Å². The van der Waals surface area contributed by atoms with Gasteiger partial charge in [0.1, 0.15) is 23.5 Å². The summed E-state index contributed by atoms with van der Waals surface area (Å²) in [5.41, 5.74) is 12.3. The zero-order valence-electron chi connectivity index (χ0n) is 42.6. The van der Waals surface area contributed by atoms with Crippen LogP contribution in [0.3, 0.4) is 0 Å². The average Bonchev–Trinajstić information content (AvgIpc) is 4.26. The minimum atomic E-state index is -0.806. The molecule has 7 aromatic rings. The number of para-hydroxylation sites is 1. The number of β-amino-alcohol motifs (C(OH)–C–C–N with tert-alkyl or cyclic N) is 1. The molecule has 3 aliphatic heterocycles. The van der Waals surface area contributed by atoms with Gasteiger partial charge < -0.3 is 45.2 Å². The van der Waals surface area contributed by atoms with Gasteiger partial charge in [-0.3, -0.25) is 23.4 Å². The van der Waals surface area contributed by atoms with Gasteiger partial charge in [0.2, 0.25) is 17.6 Å². The quantitative estimate of drug-likeness (QED) is 0.0848. The first kappa shape index (κ1) is 49.1. The highest BCUT2D eigenvalue weighted by Crippen LogP contribution is 2.39. The number of aromatic hydroxyl groups is 1. The lowest BCUT2D eigenvalue weighted by Crippen LogP contribution is -2.48. The number of amides is 2. The molecule has 388 valence electrons. The Bertz CT molecular complexity index is 3080. The molecule has 19 heteroatoms. The van der Waals surface area contributed by atoms with Crippen LogP contribution < -0.4 is 16.0 Å². The number of likely N-dealkylation sites (tertiary alicyclic amines) is 2. The summed E-state index contributed by atoms with van der Waals surface area (Å²) >= 11 is 0. The third-order valence-electron chi connectivity index (χ3n) is 15.9. The lowest BCUT2D eigenvalue weighted by atomic mass is 9.89. The van der Waals surface area contributed by atoms with E-state index in [1.165, 1.54) is 4.90 Å². The standard InChI is InChI=1S/C55H67N13O6/c1-33(2)51(54(72)67-30-40(69)25-47(67)53(71)59-34(3)36-9-11-37(12-10-36)46-13-18-57-63(46)4)49-26-50(62-74-49)65-21-14-35(15-22-65)28-64-19-16-41(17-20-64)73-42-23-39(24-42)68-29-38(27-58-68)44-31-66-32-45(60-55(66)61-52(44)56)43-7-5-6-8-48(43)70/h5-13,18,26-27,29,31-35,39-42,47,51,69-70H,14-17,19-25,28,30H2,1-4H3,(H,59,71)(H2,56,60,61)/t34-,39-,40+,42-,47-,51+/m0/s1. The number of benzene rings is 2. The number of anilines is 2. The molecule has 0 unspecified atom stereocenters. The number of nitrogen functional groups attached to an aromatic ring is 1. The number of nitrogens with zero attached hydrogens (tertiary/aromatic N) is 11. The van der Waals surface area contributed by atoms with Crippen LogP contribution >= 0.6 is 0 Å². The predicted molar refractivity (Wildman–Crippen MR) is 279 cm³/mol. The van der Waals surface area contributed by atoms with Crippen molar-refractivity contribution in [3.05, 3.63) is 103 Å². The number of phenolic OH excluding ortho intramolecular Hbond substituents is 1. The summed E-state index contributed by atoms with van der Waals surface area (Å²) in [5.74, 6) is 1.46. The van der Waals surface area contributed by atoms with Gasteiger partial charge in [-0.05, 0) is 86.6 Å². The third kappa shape index (κ3) is 10.1. The van der Waals surface area contributed by atoms with Crippen LogP contribution in [0.25, 0.3) is 39.4 Å². The Kier molecular flexibility index (Phi) is 13.7. The molecule has 0 bridgehead atoms. The molecule has 4 fully saturated rings. The largest absolute Gasteiger partial charge is 0.507 e. The van der Waals surface area contributed by atoms with Crippen LogP contribution in [0, 0.1) is 11.8 Å². The van der Waals surface area contributed by atoms with Gasteiger partial charge in [0.25, 0.3) is 0 Å². The first-order chi connectivity index (χ1) is 35.8. The van der Waals surface area contributed by atoms with E-state index in [1.807, 2.05) is 115 Å². The number of rotatable bonds is 15. The summed E-state index contributed by atoms with van der Waals surface area (Å²) in [6.07, 6.45) is 15.2. The molecule has 11 rings (SSSR count). The Labute approximate surface area is 430 Å². The van der Waals surface area contributed by atoms with E-state index < -0.39 is 18.1 Å². The van der Waals surface area contributed by atoms with Gasteiger partial charge in [0.15, 0.2) is 11.6 Å². The normalized spacial score (nSPS) is 21.9. The number of nitrogens with two attached hydrogens (primary N) is 1. The van der Waals surface area contributed by atoms with Crippen molar-refractivity contribution in [1.29, 1.82) is 0 Å². The summed E-state index contributed by atoms with van der Waals surface area (Å²) in [4.78, 5) is 43.7. The van der Waals surface area contributed by atoms with Crippen molar-refractivity contribution in [1.82, 2.24) is 54.2 Å². The maximum atomic E-state index is 14.4. The molecule has 4 aliphatic rings. The van der Waals surface area contributed by atoms with E-state index in [-0.39, 0.29) is 60.7 Å². The number of phenols is 1. The van der Waals surface area contributed by atoms with Crippen molar-refractivity contribution >= 4 is 29.2 Å². The van der Waals surface area contributed by atoms with Crippen molar-refractivity contribution < 1.29 is 29.1 Å². The van der Waals surface area contributed by atoms with Crippen LogP contribution in [0.4, 0.5) is 11.6 Å². The molecule has 5 N–H and O–H groups in total. The number of aromatic nitrogens is 8. The van der Waals surface area contributed by atoms with E-state index >= 15 is 0 Å². The number of aryl methyl sites for hydroxylation is 1. The highest BCUT2D eigenvalue weighted by molar-refractivity contribution is 5.91. The van der Waals surface area contributed by atoms with Gasteiger partial charge in [0.05, 0.1) is 48.0 Å². The second-order valence-electron chi connectivity index (χ2n) is 21.3. The number of carbonyl (C=O) groups excluding carboxylic acids is 2. The van der Waals surface area contributed by atoms with Gasteiger partial charge in [-0.1, -0.05) is 55.4 Å². The SMILES string of the molecule is CC(C)[C@@H](C(=O)N1C[C@H](O)C[C@H]1C(=O)N[C@@H](C)c1ccc(-c2ccnn2C)cc1)c1cc(N2CCC(CN3CCC(O[C@H]4C[C@H](n5cc(-c6cn7cc(-c8ccccc8O)nc7nc6N)cn5)C4)CC3)CC2)no1. The maximum absolute atomic E-state index is 14.4. The first-order valence-corrected chi connectivity index (χ1v) is 26.3. The first-order valence-electron chi connectivity index (χ1n) is 26.3. The molecule has 19 nitrogen and oxygen atoms in total. The summed E-state index contributed by atoms with van der Waals surface area (Å²) < 4.78 is 18.2. The van der Waals surface area contributed by atoms with Crippen LogP contribution in [0.15, 0.2) is 96.2 Å². The van der Waals surface area contributed by atoms with E-state index in [9.17, 15) is 19.8 Å². The van der Waals surface area contributed by atoms with E-state index in [0.717, 1.165) is 105 Å². The number of imidazole rings is 1. The van der Waals surface area contributed by atoms with E-state index in [1.54, 1.807) is 18.3 Å². The molecule has 5 aromatic heterocycles. The summed E-state index contributed by atoms with van der Waals surface area (Å²) in [5, 5.41) is 37.6. The Balaban J connectivity index is 0.617. The summed E-state index contributed by atoms with van der Waals surface area (Å²) in [6.45, 7) is 10.8. The molecule has 74 heavy (non-hydrogen) atoms. The molecule has 4 atom stereocenters. The summed E-state index contributed by atoms with van der Waals surface area (Å²) in [6, 6.07) is 18.1. The Morgan fingerprint density at radius 2 is 1.65 bits per heavy atom. The van der Waals surface area contributed by atoms with Crippen LogP contribution in [0.5, 0.6) is 5.75 Å². The van der Waals surface area contributed by atoms with Crippen LogP contribution in [0.1, 0.15) is 95.0 Å². The fourth-order valence-electron chi connectivity index (χ4n) is 11.5. The molecule has 1 aliphatic carbocycles. The molecular weight excluding hydrogens is 939 g/mol. The topological polar surface area (TPSA) is 223 Å². The van der Waals surface area contributed by atoms with Crippen LogP contribution in [-0.4, -0.2) is 135 Å². The monoisotopic (exact) mass is 1010 g/mol. The van der Waals surface area contributed by atoms with E-state index in [4.69, 9.17) is 20.1 Å². The predicted octanol–water partition coefficient (Wildman–Crippen LogP) is 6.62. The fourth-order valence-corrected chi connectivity index (χ4v) is 11.5. The lowest BCUT2D eigenvalue weighted by molar-refractivity contribution is -0.141. The van der Waals surface area contributed by atoms with Gasteiger partial charge in [0, 0.05) is 100 Å². The molecule has 3 saturated heterocycles. The number of hydrogen-bond acceptors (Lipinski definition) is 14. The van der Waals surface area contributed by atoms with Crippen molar-refractivity contribution in [3.8, 4) is 39.4 Å². The number of ether oxygens (including phenoxy) is 1.